The van der Waals surface area contributed by atoms with Crippen LogP contribution < -0.4 is 4.74 Å². The van der Waals surface area contributed by atoms with E-state index in [1.807, 2.05) is 0 Å². The fourth-order valence-electron chi connectivity index (χ4n) is 2.02. The van der Waals surface area contributed by atoms with Crippen molar-refractivity contribution in [3.05, 3.63) is 18.3 Å². The van der Waals surface area contributed by atoms with Crippen LogP contribution in [0.5, 0.6) is 5.88 Å². The average Bonchev–Trinajstić information content (AvgIpc) is 2.48. The first-order chi connectivity index (χ1) is 9.70. The van der Waals surface area contributed by atoms with E-state index in [2.05, 4.69) is 10.2 Å². The quantitative estimate of drug-likeness (QED) is 0.589. The normalized spacial score (nSPS) is 15.8. The molecule has 0 saturated carbocycles. The Kier molecular flexibility index (Phi) is 4.86. The molecule has 1 aliphatic rings. The van der Waals surface area contributed by atoms with Crippen molar-refractivity contribution in [3.63, 3.8) is 0 Å². The summed E-state index contributed by atoms with van der Waals surface area (Å²) in [7, 11) is 0. The summed E-state index contributed by atoms with van der Waals surface area (Å²) in [4.78, 5) is 24.6. The van der Waals surface area contributed by atoms with Gasteiger partial charge in [-0.3, -0.25) is 4.79 Å². The van der Waals surface area contributed by atoms with Crippen molar-refractivity contribution in [1.82, 2.24) is 15.1 Å². The minimum atomic E-state index is -0.791. The van der Waals surface area contributed by atoms with E-state index in [0.29, 0.717) is 31.8 Å². The molecule has 0 bridgehead atoms. The van der Waals surface area contributed by atoms with Crippen LogP contribution in [0.4, 0.5) is 0 Å². The van der Waals surface area contributed by atoms with Crippen molar-refractivity contribution in [1.29, 1.82) is 0 Å². The second-order valence-electron chi connectivity index (χ2n) is 4.39. The Morgan fingerprint density at radius 1 is 1.40 bits per heavy atom. The molecule has 1 aromatic heterocycles. The molecular weight excluding hydrogens is 262 g/mol. The highest BCUT2D eigenvalue weighted by atomic mass is 16.5. The number of amides is 1. The van der Waals surface area contributed by atoms with E-state index >= 15 is 0 Å². The topological polar surface area (TPSA) is 81.6 Å². The number of ether oxygens (including phenoxy) is 2. The molecule has 1 saturated heterocycles. The summed E-state index contributed by atoms with van der Waals surface area (Å²) >= 11 is 0. The van der Waals surface area contributed by atoms with Gasteiger partial charge < -0.3 is 14.4 Å². The average molecular weight is 279 g/mol. The molecule has 0 atom stereocenters. The van der Waals surface area contributed by atoms with Crippen molar-refractivity contribution in [2.75, 3.05) is 19.7 Å². The van der Waals surface area contributed by atoms with Crippen LogP contribution in [-0.4, -0.2) is 52.8 Å². The molecule has 108 valence electrons. The van der Waals surface area contributed by atoms with Crippen molar-refractivity contribution in [2.24, 2.45) is 0 Å². The third-order valence-electron chi connectivity index (χ3n) is 3.01. The summed E-state index contributed by atoms with van der Waals surface area (Å²) < 4.78 is 10.4. The Balaban J connectivity index is 1.80. The van der Waals surface area contributed by atoms with Crippen molar-refractivity contribution >= 4 is 11.9 Å². The maximum atomic E-state index is 11.7. The van der Waals surface area contributed by atoms with Crippen LogP contribution in [0.15, 0.2) is 18.3 Å². The molecule has 0 aliphatic carbocycles. The highest BCUT2D eigenvalue weighted by molar-refractivity contribution is 6.32. The van der Waals surface area contributed by atoms with Crippen LogP contribution in [0, 0.1) is 0 Å². The molecule has 1 aromatic rings. The third kappa shape index (κ3) is 3.66. The van der Waals surface area contributed by atoms with E-state index < -0.39 is 11.9 Å². The molecule has 0 unspecified atom stereocenters. The molecule has 7 heteroatoms. The van der Waals surface area contributed by atoms with Gasteiger partial charge in [0.1, 0.15) is 6.10 Å². The van der Waals surface area contributed by atoms with Crippen molar-refractivity contribution in [2.45, 2.75) is 25.9 Å². The number of rotatable bonds is 3. The number of piperidine rings is 1. The van der Waals surface area contributed by atoms with Gasteiger partial charge in [-0.2, -0.15) is 5.10 Å². The first-order valence-corrected chi connectivity index (χ1v) is 6.61. The van der Waals surface area contributed by atoms with Gasteiger partial charge in [-0.15, -0.1) is 5.10 Å². The predicted molar refractivity (Wildman–Crippen MR) is 68.9 cm³/mol. The lowest BCUT2D eigenvalue weighted by Gasteiger charge is -2.31. The van der Waals surface area contributed by atoms with Crippen LogP contribution in [0.3, 0.4) is 0 Å². The Labute approximate surface area is 116 Å². The molecule has 0 N–H and O–H groups in total. The fraction of sp³-hybridized carbons (Fsp3) is 0.538. The second-order valence-corrected chi connectivity index (χ2v) is 4.39. The number of hydrogen-bond donors (Lipinski definition) is 0. The number of carbonyl (C=O) groups excluding carboxylic acids is 2. The molecule has 2 rings (SSSR count). The van der Waals surface area contributed by atoms with Gasteiger partial charge in [-0.25, -0.2) is 4.79 Å². The highest BCUT2D eigenvalue weighted by Gasteiger charge is 2.28. The van der Waals surface area contributed by atoms with Crippen LogP contribution in [-0.2, 0) is 14.3 Å². The van der Waals surface area contributed by atoms with E-state index in [4.69, 9.17) is 9.47 Å². The van der Waals surface area contributed by atoms with E-state index in [0.717, 1.165) is 0 Å². The number of hydrogen-bond acceptors (Lipinski definition) is 6. The number of esters is 1. The van der Waals surface area contributed by atoms with E-state index in [9.17, 15) is 9.59 Å². The Bertz CT molecular complexity index is 458. The summed E-state index contributed by atoms with van der Waals surface area (Å²) in [5.74, 6) is -0.895. The maximum Gasteiger partial charge on any atom is 0.397 e. The predicted octanol–water partition coefficient (Wildman–Crippen LogP) is 0.409. The van der Waals surface area contributed by atoms with Gasteiger partial charge >= 0.3 is 11.9 Å². The highest BCUT2D eigenvalue weighted by Crippen LogP contribution is 2.16. The van der Waals surface area contributed by atoms with Gasteiger partial charge in [0, 0.05) is 38.2 Å². The Morgan fingerprint density at radius 2 is 2.15 bits per heavy atom. The van der Waals surface area contributed by atoms with E-state index in [1.54, 1.807) is 25.3 Å². The van der Waals surface area contributed by atoms with Crippen LogP contribution in [0.1, 0.15) is 19.8 Å². The zero-order chi connectivity index (χ0) is 14.4. The van der Waals surface area contributed by atoms with Crippen LogP contribution in [0.25, 0.3) is 0 Å². The van der Waals surface area contributed by atoms with Gasteiger partial charge in [0.05, 0.1) is 6.61 Å². The lowest BCUT2D eigenvalue weighted by Crippen LogP contribution is -2.45. The van der Waals surface area contributed by atoms with Crippen LogP contribution in [0.2, 0.25) is 0 Å². The van der Waals surface area contributed by atoms with E-state index in [1.165, 1.54) is 4.90 Å². The van der Waals surface area contributed by atoms with Gasteiger partial charge in [0.25, 0.3) is 0 Å². The second kappa shape index (κ2) is 6.83. The van der Waals surface area contributed by atoms with Gasteiger partial charge in [0.2, 0.25) is 5.88 Å². The molecule has 1 fully saturated rings. The number of carbonyl (C=O) groups is 2. The van der Waals surface area contributed by atoms with Gasteiger partial charge in [-0.1, -0.05) is 0 Å². The first-order valence-electron chi connectivity index (χ1n) is 6.61. The zero-order valence-corrected chi connectivity index (χ0v) is 11.3. The molecule has 0 radical (unpaired) electrons. The smallest absolute Gasteiger partial charge is 0.397 e. The van der Waals surface area contributed by atoms with Gasteiger partial charge in [0.15, 0.2) is 0 Å². The maximum absolute atomic E-state index is 11.7. The Morgan fingerprint density at radius 3 is 2.75 bits per heavy atom. The van der Waals surface area contributed by atoms with E-state index in [-0.39, 0.29) is 12.7 Å². The van der Waals surface area contributed by atoms with Crippen molar-refractivity contribution < 1.29 is 19.1 Å². The van der Waals surface area contributed by atoms with Crippen LogP contribution >= 0.6 is 0 Å². The Hall–Kier alpha value is -2.18. The molecule has 20 heavy (non-hydrogen) atoms. The van der Waals surface area contributed by atoms with Crippen molar-refractivity contribution in [3.8, 4) is 5.88 Å². The summed E-state index contributed by atoms with van der Waals surface area (Å²) in [5, 5.41) is 7.59. The summed E-state index contributed by atoms with van der Waals surface area (Å²) in [6, 6.07) is 3.49. The minimum absolute atomic E-state index is 0.0158. The SMILES string of the molecule is CCOC(=O)C(=O)N1CCC(Oc2cccnn2)CC1. The zero-order valence-electron chi connectivity index (χ0n) is 11.3. The molecule has 7 nitrogen and oxygen atoms in total. The van der Waals surface area contributed by atoms with Gasteiger partial charge in [-0.05, 0) is 13.0 Å². The monoisotopic (exact) mass is 279 g/mol. The molecule has 1 aliphatic heterocycles. The minimum Gasteiger partial charge on any atom is -0.473 e. The molecule has 0 aromatic carbocycles. The molecule has 1 amide bonds. The number of aromatic nitrogens is 2. The molecular formula is C13H17N3O4. The number of likely N-dealkylation sites (tertiary alicyclic amines) is 1. The summed E-state index contributed by atoms with van der Waals surface area (Å²) in [6.07, 6.45) is 2.87. The largest absolute Gasteiger partial charge is 0.473 e. The lowest BCUT2D eigenvalue weighted by molar-refractivity contribution is -0.160. The molecule has 2 heterocycles. The summed E-state index contributed by atoms with van der Waals surface area (Å²) in [6.45, 7) is 2.83. The number of nitrogens with zero attached hydrogens (tertiary/aromatic N) is 3. The summed E-state index contributed by atoms with van der Waals surface area (Å²) in [5.41, 5.74) is 0. The fourth-order valence-corrected chi connectivity index (χ4v) is 2.02. The molecule has 0 spiro atoms. The first kappa shape index (κ1) is 14.2. The lowest BCUT2D eigenvalue weighted by atomic mass is 10.1. The third-order valence-corrected chi connectivity index (χ3v) is 3.01. The standard InChI is InChI=1S/C13H17N3O4/c1-2-19-13(18)12(17)16-8-5-10(6-9-16)20-11-4-3-7-14-15-11/h3-4,7,10H,2,5-6,8-9H2,1H3.